The third-order valence-corrected chi connectivity index (χ3v) is 7.57. The van der Waals surface area contributed by atoms with E-state index < -0.39 is 12.1 Å². The molecule has 2 aliphatic heterocycles. The highest BCUT2D eigenvalue weighted by Crippen LogP contribution is 2.54. The molecule has 1 aromatic rings. The fourth-order valence-corrected chi connectivity index (χ4v) is 6.48. The van der Waals surface area contributed by atoms with Crippen LogP contribution in [0.3, 0.4) is 0 Å². The molecule has 144 valence electrons. The predicted octanol–water partition coefficient (Wildman–Crippen LogP) is 2.16. The van der Waals surface area contributed by atoms with Crippen LogP contribution in [0.4, 0.5) is 0 Å². The zero-order valence-corrected chi connectivity index (χ0v) is 16.3. The van der Waals surface area contributed by atoms with E-state index in [4.69, 9.17) is 4.74 Å². The molecule has 0 bridgehead atoms. The highest BCUT2D eigenvalue weighted by molar-refractivity contribution is 8.00. The average molecular weight is 380 g/mol. The van der Waals surface area contributed by atoms with Crippen molar-refractivity contribution < 1.29 is 19.7 Å². The van der Waals surface area contributed by atoms with Crippen LogP contribution >= 0.6 is 11.8 Å². The number of benzene rings is 1. The molecule has 2 N–H and O–H groups in total. The van der Waals surface area contributed by atoms with Gasteiger partial charge in [0.2, 0.25) is 0 Å². The number of ether oxygens (including phenoxy) is 1. The summed E-state index contributed by atoms with van der Waals surface area (Å²) < 4.78 is 4.45. The van der Waals surface area contributed by atoms with Gasteiger partial charge in [-0.05, 0) is 31.0 Å². The fraction of sp³-hybridized carbons (Fsp3) is 0.650. The van der Waals surface area contributed by atoms with Gasteiger partial charge in [0.25, 0.3) is 0 Å². The number of carbonyl (C=O) groups is 1. The summed E-state index contributed by atoms with van der Waals surface area (Å²) in [5.74, 6) is 0.0435. The molecule has 2 heterocycles. The first-order valence-electron chi connectivity index (χ1n) is 9.39. The zero-order chi connectivity index (χ0) is 18.7. The number of aliphatic hydroxyl groups excluding tert-OH is 2. The van der Waals surface area contributed by atoms with E-state index in [2.05, 4.69) is 24.0 Å². The van der Waals surface area contributed by atoms with Crippen LogP contribution in [0.1, 0.15) is 26.2 Å². The second kappa shape index (κ2) is 8.30. The maximum absolute atomic E-state index is 11.9. The van der Waals surface area contributed by atoms with E-state index in [9.17, 15) is 15.0 Å². The van der Waals surface area contributed by atoms with Crippen LogP contribution in [0.15, 0.2) is 35.2 Å². The Balaban J connectivity index is 1.93. The smallest absolute Gasteiger partial charge is 0.334 e. The maximum Gasteiger partial charge on any atom is 0.334 e. The van der Waals surface area contributed by atoms with Crippen molar-refractivity contribution in [3.8, 4) is 0 Å². The van der Waals surface area contributed by atoms with E-state index in [-0.39, 0.29) is 23.3 Å². The normalized spacial score (nSPS) is 32.4. The van der Waals surface area contributed by atoms with Gasteiger partial charge in [-0.1, -0.05) is 31.5 Å². The Kier molecular flexibility index (Phi) is 6.28. The molecule has 2 fully saturated rings. The molecule has 0 aromatic heterocycles. The molecular weight excluding hydrogens is 350 g/mol. The SMILES string of the molecule is CC[C@@H]1CN2CC[C@](CC(O)C(=O)OC)(Sc3ccccc3)C2[C@H]1CO. The second-order valence-corrected chi connectivity index (χ2v) is 8.92. The topological polar surface area (TPSA) is 70.0 Å². The molecule has 26 heavy (non-hydrogen) atoms. The van der Waals surface area contributed by atoms with E-state index in [1.54, 1.807) is 11.8 Å². The average Bonchev–Trinajstić information content (AvgIpc) is 3.19. The quantitative estimate of drug-likeness (QED) is 0.708. The monoisotopic (exact) mass is 379 g/mol. The predicted molar refractivity (Wildman–Crippen MR) is 102 cm³/mol. The van der Waals surface area contributed by atoms with Crippen LogP contribution < -0.4 is 0 Å². The lowest BCUT2D eigenvalue weighted by molar-refractivity contribution is -0.151. The third kappa shape index (κ3) is 3.65. The largest absolute Gasteiger partial charge is 0.467 e. The summed E-state index contributed by atoms with van der Waals surface area (Å²) in [7, 11) is 1.31. The number of aliphatic hydroxyl groups is 2. The lowest BCUT2D eigenvalue weighted by atomic mass is 9.80. The molecule has 2 aliphatic rings. The number of thioether (sulfide) groups is 1. The first-order valence-corrected chi connectivity index (χ1v) is 10.2. The van der Waals surface area contributed by atoms with Crippen molar-refractivity contribution in [1.82, 2.24) is 4.90 Å². The van der Waals surface area contributed by atoms with Gasteiger partial charge in [0, 0.05) is 41.2 Å². The molecule has 5 atom stereocenters. The van der Waals surface area contributed by atoms with E-state index >= 15 is 0 Å². The van der Waals surface area contributed by atoms with Gasteiger partial charge in [-0.15, -0.1) is 11.8 Å². The van der Waals surface area contributed by atoms with Crippen molar-refractivity contribution >= 4 is 17.7 Å². The molecule has 0 amide bonds. The maximum atomic E-state index is 11.9. The molecule has 3 rings (SSSR count). The molecule has 0 saturated carbocycles. The Hall–Kier alpha value is -1.08. The van der Waals surface area contributed by atoms with Crippen molar-refractivity contribution in [3.63, 3.8) is 0 Å². The molecular formula is C20H29NO4S. The molecule has 6 heteroatoms. The first kappa shape index (κ1) is 19.7. The number of carbonyl (C=O) groups excluding carboxylic acids is 1. The van der Waals surface area contributed by atoms with Crippen LogP contribution in [0.25, 0.3) is 0 Å². The van der Waals surface area contributed by atoms with Gasteiger partial charge >= 0.3 is 5.97 Å². The Bertz CT molecular complexity index is 613. The summed E-state index contributed by atoms with van der Waals surface area (Å²) in [6, 6.07) is 10.3. The van der Waals surface area contributed by atoms with Crippen LogP contribution in [0.2, 0.25) is 0 Å². The lowest BCUT2D eigenvalue weighted by Gasteiger charge is -2.39. The van der Waals surface area contributed by atoms with Gasteiger partial charge in [-0.3, -0.25) is 4.90 Å². The number of esters is 1. The fourth-order valence-electron chi connectivity index (χ4n) is 4.84. The molecule has 1 aromatic carbocycles. The molecule has 0 spiro atoms. The Morgan fingerprint density at radius 1 is 1.42 bits per heavy atom. The number of hydrogen-bond donors (Lipinski definition) is 2. The van der Waals surface area contributed by atoms with Crippen molar-refractivity contribution in [2.24, 2.45) is 11.8 Å². The lowest BCUT2D eigenvalue weighted by Crippen LogP contribution is -2.47. The Labute approximate surface area is 159 Å². The summed E-state index contributed by atoms with van der Waals surface area (Å²) in [6.07, 6.45) is 1.12. The van der Waals surface area contributed by atoms with Crippen molar-refractivity contribution in [1.29, 1.82) is 0 Å². The minimum absolute atomic E-state index is 0.144. The van der Waals surface area contributed by atoms with Crippen LogP contribution in [0.5, 0.6) is 0 Å². The van der Waals surface area contributed by atoms with E-state index in [1.165, 1.54) is 7.11 Å². The Morgan fingerprint density at radius 2 is 2.15 bits per heavy atom. The highest BCUT2D eigenvalue weighted by atomic mass is 32.2. The number of fused-ring (bicyclic) bond motifs is 1. The van der Waals surface area contributed by atoms with E-state index in [0.29, 0.717) is 12.3 Å². The Morgan fingerprint density at radius 3 is 2.77 bits per heavy atom. The van der Waals surface area contributed by atoms with Crippen molar-refractivity contribution in [2.45, 2.75) is 48.0 Å². The van der Waals surface area contributed by atoms with Gasteiger partial charge in [0.05, 0.1) is 7.11 Å². The zero-order valence-electron chi connectivity index (χ0n) is 15.5. The number of hydrogen-bond acceptors (Lipinski definition) is 6. The summed E-state index contributed by atoms with van der Waals surface area (Å²) in [5.41, 5.74) is 0. The molecule has 5 nitrogen and oxygen atoms in total. The summed E-state index contributed by atoms with van der Waals surface area (Å²) in [4.78, 5) is 15.5. The first-order chi connectivity index (χ1) is 12.5. The molecule has 0 aliphatic carbocycles. The van der Waals surface area contributed by atoms with Gasteiger partial charge in [0.1, 0.15) is 0 Å². The van der Waals surface area contributed by atoms with Crippen LogP contribution in [0, 0.1) is 11.8 Å². The minimum atomic E-state index is -1.14. The van der Waals surface area contributed by atoms with Gasteiger partial charge in [-0.25, -0.2) is 4.79 Å². The van der Waals surface area contributed by atoms with E-state index in [1.807, 2.05) is 18.2 Å². The third-order valence-electron chi connectivity index (χ3n) is 6.05. The number of methoxy groups -OCH3 is 1. The van der Waals surface area contributed by atoms with Crippen LogP contribution in [-0.4, -0.2) is 64.8 Å². The van der Waals surface area contributed by atoms with Crippen LogP contribution in [-0.2, 0) is 9.53 Å². The van der Waals surface area contributed by atoms with Crippen molar-refractivity contribution in [3.05, 3.63) is 30.3 Å². The van der Waals surface area contributed by atoms with E-state index in [0.717, 1.165) is 30.8 Å². The standard InChI is InChI=1S/C20H29NO4S/c1-3-14-12-21-10-9-20(18(21)16(14)13-22,11-17(23)19(24)25-2)26-15-7-5-4-6-8-15/h4-8,14,16-18,22-23H,3,9-13H2,1-2H3/t14-,16+,17?,18?,20-/m1/s1. The summed E-state index contributed by atoms with van der Waals surface area (Å²) in [6.45, 7) is 4.24. The second-order valence-electron chi connectivity index (χ2n) is 7.43. The van der Waals surface area contributed by atoms with Crippen molar-refractivity contribution in [2.75, 3.05) is 26.8 Å². The summed E-state index contributed by atoms with van der Waals surface area (Å²) in [5, 5.41) is 20.6. The summed E-state index contributed by atoms with van der Waals surface area (Å²) >= 11 is 1.74. The van der Waals surface area contributed by atoms with Gasteiger partial charge < -0.3 is 14.9 Å². The molecule has 0 radical (unpaired) electrons. The van der Waals surface area contributed by atoms with Gasteiger partial charge in [-0.2, -0.15) is 0 Å². The number of rotatable bonds is 7. The molecule has 2 unspecified atom stereocenters. The molecule has 2 saturated heterocycles. The number of nitrogens with zero attached hydrogens (tertiary/aromatic N) is 1. The highest BCUT2D eigenvalue weighted by Gasteiger charge is 2.57. The minimum Gasteiger partial charge on any atom is -0.467 e. The van der Waals surface area contributed by atoms with Gasteiger partial charge in [0.15, 0.2) is 6.10 Å².